The van der Waals surface area contributed by atoms with E-state index in [-0.39, 0.29) is 0 Å². The first-order chi connectivity index (χ1) is 8.13. The minimum Gasteiger partial charge on any atom is -0.100 e. The average molecular weight is 228 g/mol. The fourth-order valence-electron chi connectivity index (χ4n) is 1.89. The van der Waals surface area contributed by atoms with Crippen LogP contribution in [0.3, 0.4) is 0 Å². The second-order valence-electron chi connectivity index (χ2n) is 4.82. The molecule has 17 heavy (non-hydrogen) atoms. The van der Waals surface area contributed by atoms with E-state index < -0.39 is 0 Å². The van der Waals surface area contributed by atoms with E-state index in [1.165, 1.54) is 35.1 Å². The molecule has 92 valence electrons. The first-order valence-corrected chi connectivity index (χ1v) is 6.55. The zero-order chi connectivity index (χ0) is 12.7. The molecule has 0 aliphatic heterocycles. The van der Waals surface area contributed by atoms with Crippen LogP contribution in [-0.4, -0.2) is 0 Å². The number of unbranched alkanes of at least 4 members (excludes halogenated alkanes) is 1. The van der Waals surface area contributed by atoms with Crippen molar-refractivity contribution in [3.63, 3.8) is 0 Å². The zero-order valence-corrected chi connectivity index (χ0v) is 11.3. The molecule has 0 atom stereocenters. The molecule has 0 unspecified atom stereocenters. The number of benzene rings is 1. The molecule has 0 heterocycles. The molecule has 0 heteroatoms. The van der Waals surface area contributed by atoms with E-state index in [1.807, 2.05) is 0 Å². The molecule has 0 fully saturated rings. The Hall–Kier alpha value is -1.30. The Morgan fingerprint density at radius 3 is 2.12 bits per heavy atom. The topological polar surface area (TPSA) is 0 Å². The van der Waals surface area contributed by atoms with Crippen LogP contribution in [0.4, 0.5) is 0 Å². The maximum absolute atomic E-state index is 4.17. The van der Waals surface area contributed by atoms with Crippen molar-refractivity contribution in [2.75, 3.05) is 0 Å². The summed E-state index contributed by atoms with van der Waals surface area (Å²) in [5, 5.41) is 0. The van der Waals surface area contributed by atoms with Gasteiger partial charge in [-0.15, -0.1) is 6.58 Å². The lowest BCUT2D eigenvalue weighted by atomic mass is 9.99. The summed E-state index contributed by atoms with van der Waals surface area (Å²) in [6.07, 6.45) is 5.77. The van der Waals surface area contributed by atoms with E-state index in [4.69, 9.17) is 0 Å². The van der Waals surface area contributed by atoms with Gasteiger partial charge in [0.05, 0.1) is 0 Å². The smallest absolute Gasteiger partial charge is 0.0230 e. The highest BCUT2D eigenvalue weighted by Crippen LogP contribution is 2.20. The first-order valence-electron chi connectivity index (χ1n) is 6.55. The third-order valence-corrected chi connectivity index (χ3v) is 3.10. The second kappa shape index (κ2) is 7.11. The molecule has 0 amide bonds. The third kappa shape index (κ3) is 5.04. The Labute approximate surface area is 106 Å². The monoisotopic (exact) mass is 228 g/mol. The number of allylic oxidation sites excluding steroid dienone is 2. The van der Waals surface area contributed by atoms with Gasteiger partial charge in [-0.3, -0.25) is 0 Å². The summed E-state index contributed by atoms with van der Waals surface area (Å²) >= 11 is 0. The average Bonchev–Trinajstić information content (AvgIpc) is 2.34. The molecule has 0 saturated carbocycles. The fourth-order valence-corrected chi connectivity index (χ4v) is 1.89. The molecule has 0 nitrogen and oxygen atoms in total. The Bertz CT molecular complexity index is 368. The van der Waals surface area contributed by atoms with Gasteiger partial charge in [0.25, 0.3) is 0 Å². The summed E-state index contributed by atoms with van der Waals surface area (Å²) in [7, 11) is 0. The van der Waals surface area contributed by atoms with Crippen molar-refractivity contribution in [3.8, 4) is 0 Å². The van der Waals surface area contributed by atoms with Crippen LogP contribution < -0.4 is 0 Å². The van der Waals surface area contributed by atoms with Crippen molar-refractivity contribution >= 4 is 5.57 Å². The quantitative estimate of drug-likeness (QED) is 0.433. The van der Waals surface area contributed by atoms with Crippen LogP contribution in [0, 0.1) is 0 Å². The van der Waals surface area contributed by atoms with Gasteiger partial charge in [0.2, 0.25) is 0 Å². The largest absolute Gasteiger partial charge is 0.100 e. The van der Waals surface area contributed by atoms with Gasteiger partial charge in [0, 0.05) is 0 Å². The van der Waals surface area contributed by atoms with Gasteiger partial charge in [-0.25, -0.2) is 0 Å². The van der Waals surface area contributed by atoms with Gasteiger partial charge in [-0.1, -0.05) is 43.3 Å². The van der Waals surface area contributed by atoms with E-state index in [0.717, 1.165) is 19.3 Å². The van der Waals surface area contributed by atoms with E-state index in [0.29, 0.717) is 0 Å². The Balaban J connectivity index is 2.38. The molecule has 0 radical (unpaired) electrons. The van der Waals surface area contributed by atoms with E-state index in [9.17, 15) is 0 Å². The predicted octanol–water partition coefficient (Wildman–Crippen LogP) is 5.40. The second-order valence-corrected chi connectivity index (χ2v) is 4.82. The number of rotatable bonds is 7. The van der Waals surface area contributed by atoms with Crippen molar-refractivity contribution in [1.82, 2.24) is 0 Å². The normalized spacial score (nSPS) is 10.2. The minimum atomic E-state index is 1.10. The molecular formula is C17H24. The van der Waals surface area contributed by atoms with Crippen molar-refractivity contribution < 1.29 is 0 Å². The summed E-state index contributed by atoms with van der Waals surface area (Å²) in [5.41, 5.74) is 5.22. The van der Waals surface area contributed by atoms with Crippen LogP contribution >= 0.6 is 0 Å². The SMILES string of the molecule is C=C(C)CCCCC(=C)c1ccc(CC)cc1. The van der Waals surface area contributed by atoms with Gasteiger partial charge in [-0.2, -0.15) is 0 Å². The molecule has 0 aromatic heterocycles. The summed E-state index contributed by atoms with van der Waals surface area (Å²) in [5.74, 6) is 0. The number of aryl methyl sites for hydroxylation is 1. The molecule has 1 rings (SSSR count). The van der Waals surface area contributed by atoms with E-state index in [2.05, 4.69) is 51.3 Å². The van der Waals surface area contributed by atoms with Crippen LogP contribution in [0.25, 0.3) is 5.57 Å². The molecule has 0 aliphatic rings. The number of hydrogen-bond donors (Lipinski definition) is 0. The van der Waals surface area contributed by atoms with Crippen LogP contribution in [0.15, 0.2) is 43.0 Å². The molecule has 0 bridgehead atoms. The van der Waals surface area contributed by atoms with Crippen LogP contribution in [-0.2, 0) is 6.42 Å². The van der Waals surface area contributed by atoms with Crippen molar-refractivity contribution in [2.24, 2.45) is 0 Å². The van der Waals surface area contributed by atoms with Crippen molar-refractivity contribution in [1.29, 1.82) is 0 Å². The van der Waals surface area contributed by atoms with Crippen LogP contribution in [0.2, 0.25) is 0 Å². The fraction of sp³-hybridized carbons (Fsp3) is 0.412. The van der Waals surface area contributed by atoms with Gasteiger partial charge in [0.15, 0.2) is 0 Å². The van der Waals surface area contributed by atoms with Gasteiger partial charge in [0.1, 0.15) is 0 Å². The Morgan fingerprint density at radius 2 is 1.59 bits per heavy atom. The van der Waals surface area contributed by atoms with E-state index in [1.54, 1.807) is 0 Å². The molecule has 1 aromatic rings. The highest BCUT2D eigenvalue weighted by molar-refractivity contribution is 5.63. The molecular weight excluding hydrogens is 204 g/mol. The number of hydrogen-bond acceptors (Lipinski definition) is 0. The zero-order valence-electron chi connectivity index (χ0n) is 11.3. The highest BCUT2D eigenvalue weighted by Gasteiger charge is 1.99. The lowest BCUT2D eigenvalue weighted by Gasteiger charge is -2.07. The van der Waals surface area contributed by atoms with Gasteiger partial charge < -0.3 is 0 Å². The third-order valence-electron chi connectivity index (χ3n) is 3.10. The van der Waals surface area contributed by atoms with Gasteiger partial charge >= 0.3 is 0 Å². The van der Waals surface area contributed by atoms with Crippen molar-refractivity contribution in [2.45, 2.75) is 46.0 Å². The summed E-state index contributed by atoms with van der Waals surface area (Å²) in [4.78, 5) is 0. The lowest BCUT2D eigenvalue weighted by molar-refractivity contribution is 0.750. The minimum absolute atomic E-state index is 1.10. The molecule has 1 aromatic carbocycles. The van der Waals surface area contributed by atoms with Crippen LogP contribution in [0.1, 0.15) is 50.7 Å². The standard InChI is InChI=1S/C17H24/c1-5-16-10-12-17(13-11-16)15(4)9-7-6-8-14(2)3/h10-13H,2,4-9H2,1,3H3. The lowest BCUT2D eigenvalue weighted by Crippen LogP contribution is -1.86. The summed E-state index contributed by atoms with van der Waals surface area (Å²) in [6.45, 7) is 12.4. The van der Waals surface area contributed by atoms with Gasteiger partial charge in [-0.05, 0) is 55.7 Å². The Morgan fingerprint density at radius 1 is 1.00 bits per heavy atom. The summed E-state index contributed by atoms with van der Waals surface area (Å²) in [6, 6.07) is 8.79. The Kier molecular flexibility index (Phi) is 5.76. The summed E-state index contributed by atoms with van der Waals surface area (Å²) < 4.78 is 0. The highest BCUT2D eigenvalue weighted by atomic mass is 14.0. The maximum Gasteiger partial charge on any atom is -0.0230 e. The maximum atomic E-state index is 4.17. The van der Waals surface area contributed by atoms with E-state index >= 15 is 0 Å². The molecule has 0 saturated heterocycles. The first kappa shape index (κ1) is 13.8. The van der Waals surface area contributed by atoms with Crippen molar-refractivity contribution in [3.05, 3.63) is 54.1 Å². The molecule has 0 spiro atoms. The molecule has 0 N–H and O–H groups in total. The van der Waals surface area contributed by atoms with Crippen LogP contribution in [0.5, 0.6) is 0 Å². The predicted molar refractivity (Wildman–Crippen MR) is 78.1 cm³/mol. The molecule has 0 aliphatic carbocycles.